The molecular weight excluding hydrogens is 212 g/mol. The molecule has 1 saturated heterocycles. The van der Waals surface area contributed by atoms with Gasteiger partial charge in [0.2, 0.25) is 0 Å². The number of rotatable bonds is 6. The van der Waals surface area contributed by atoms with Gasteiger partial charge in [-0.2, -0.15) is 0 Å². The Balaban J connectivity index is 1.68. The monoisotopic (exact) mass is 240 g/mol. The van der Waals surface area contributed by atoms with E-state index in [1.54, 1.807) is 0 Å². The van der Waals surface area contributed by atoms with Gasteiger partial charge in [0.15, 0.2) is 0 Å². The Morgan fingerprint density at radius 3 is 2.76 bits per heavy atom. The normalized spacial score (nSPS) is 32.6. The summed E-state index contributed by atoms with van der Waals surface area (Å²) in [5.41, 5.74) is 0.586. The van der Waals surface area contributed by atoms with Crippen molar-refractivity contribution in [3.8, 4) is 0 Å². The van der Waals surface area contributed by atoms with Crippen LogP contribution in [-0.2, 0) is 4.74 Å². The second-order valence-electron chi connectivity index (χ2n) is 6.17. The van der Waals surface area contributed by atoms with Crippen molar-refractivity contribution < 1.29 is 4.74 Å². The highest BCUT2D eigenvalue weighted by Crippen LogP contribution is 2.48. The second-order valence-corrected chi connectivity index (χ2v) is 6.17. The molecule has 0 aromatic carbocycles. The predicted octanol–water partition coefficient (Wildman–Crippen LogP) is 1.88. The maximum atomic E-state index is 5.21. The third-order valence-corrected chi connectivity index (χ3v) is 4.77. The molecule has 0 bridgehead atoms. The largest absolute Gasteiger partial charge is 0.385 e. The number of nitrogens with zero attached hydrogens (tertiary/aromatic N) is 1. The van der Waals surface area contributed by atoms with E-state index < -0.39 is 0 Å². The zero-order valence-corrected chi connectivity index (χ0v) is 11.7. The van der Waals surface area contributed by atoms with Crippen LogP contribution >= 0.6 is 0 Å². The van der Waals surface area contributed by atoms with Gasteiger partial charge in [-0.3, -0.25) is 0 Å². The van der Waals surface area contributed by atoms with Crippen molar-refractivity contribution in [2.75, 3.05) is 33.9 Å². The summed E-state index contributed by atoms with van der Waals surface area (Å²) in [6.07, 6.45) is 6.63. The molecule has 0 radical (unpaired) electrons. The summed E-state index contributed by atoms with van der Waals surface area (Å²) in [7, 11) is 4.05. The lowest BCUT2D eigenvalue weighted by molar-refractivity contribution is 0.152. The maximum Gasteiger partial charge on any atom is 0.0468 e. The number of piperidine rings is 1. The van der Waals surface area contributed by atoms with E-state index in [-0.39, 0.29) is 0 Å². The molecule has 1 aliphatic heterocycles. The molecule has 0 aromatic heterocycles. The van der Waals surface area contributed by atoms with Crippen LogP contribution in [-0.4, -0.2) is 50.8 Å². The number of nitrogens with one attached hydrogen (secondary N) is 1. The van der Waals surface area contributed by atoms with Gasteiger partial charge < -0.3 is 15.0 Å². The van der Waals surface area contributed by atoms with Crippen LogP contribution in [0.1, 0.15) is 39.0 Å². The molecule has 2 atom stereocenters. The van der Waals surface area contributed by atoms with Crippen LogP contribution in [0.5, 0.6) is 0 Å². The van der Waals surface area contributed by atoms with Crippen molar-refractivity contribution >= 4 is 0 Å². The number of methoxy groups -OCH3 is 1. The molecule has 1 aliphatic carbocycles. The van der Waals surface area contributed by atoms with Crippen molar-refractivity contribution in [1.29, 1.82) is 0 Å². The van der Waals surface area contributed by atoms with Gasteiger partial charge in [-0.15, -0.1) is 0 Å². The predicted molar refractivity (Wildman–Crippen MR) is 71.3 cm³/mol. The lowest BCUT2D eigenvalue weighted by Crippen LogP contribution is -2.46. The lowest BCUT2D eigenvalue weighted by Gasteiger charge is -2.36. The van der Waals surface area contributed by atoms with E-state index in [2.05, 4.69) is 24.2 Å². The van der Waals surface area contributed by atoms with Crippen molar-refractivity contribution in [1.82, 2.24) is 10.2 Å². The number of likely N-dealkylation sites (tertiary alicyclic amines) is 1. The third-order valence-electron chi connectivity index (χ3n) is 4.77. The number of hydrogen-bond acceptors (Lipinski definition) is 3. The second kappa shape index (κ2) is 5.68. The van der Waals surface area contributed by atoms with Gasteiger partial charge >= 0.3 is 0 Å². The van der Waals surface area contributed by atoms with Crippen LogP contribution in [0.3, 0.4) is 0 Å². The molecule has 3 nitrogen and oxygen atoms in total. The first-order valence-electron chi connectivity index (χ1n) is 7.08. The Bertz CT molecular complexity index is 240. The van der Waals surface area contributed by atoms with Crippen molar-refractivity contribution in [3.05, 3.63) is 0 Å². The molecule has 1 N–H and O–H groups in total. The van der Waals surface area contributed by atoms with E-state index in [4.69, 9.17) is 4.74 Å². The average molecular weight is 240 g/mol. The summed E-state index contributed by atoms with van der Waals surface area (Å²) >= 11 is 0. The molecule has 17 heavy (non-hydrogen) atoms. The average Bonchev–Trinajstić information content (AvgIpc) is 3.09. The Labute approximate surface area is 106 Å². The lowest BCUT2D eigenvalue weighted by atomic mass is 9.97. The first-order chi connectivity index (χ1) is 8.15. The maximum absolute atomic E-state index is 5.21. The van der Waals surface area contributed by atoms with Crippen LogP contribution < -0.4 is 5.32 Å². The molecule has 2 fully saturated rings. The van der Waals surface area contributed by atoms with Crippen LogP contribution in [0.2, 0.25) is 0 Å². The first-order valence-corrected chi connectivity index (χ1v) is 7.08. The Morgan fingerprint density at radius 2 is 2.18 bits per heavy atom. The minimum atomic E-state index is 0.586. The summed E-state index contributed by atoms with van der Waals surface area (Å²) in [5.74, 6) is 0. The van der Waals surface area contributed by atoms with Crippen LogP contribution in [0.15, 0.2) is 0 Å². The van der Waals surface area contributed by atoms with Crippen LogP contribution in [0.4, 0.5) is 0 Å². The van der Waals surface area contributed by atoms with Gasteiger partial charge in [-0.25, -0.2) is 0 Å². The van der Waals surface area contributed by atoms with Gasteiger partial charge in [0.1, 0.15) is 0 Å². The molecular formula is C14H28N2O. The van der Waals surface area contributed by atoms with E-state index in [0.717, 1.165) is 18.7 Å². The zero-order chi connectivity index (χ0) is 12.3. The summed E-state index contributed by atoms with van der Waals surface area (Å²) in [5, 5.41) is 3.80. The molecule has 2 unspecified atom stereocenters. The molecule has 0 amide bonds. The van der Waals surface area contributed by atoms with Crippen LogP contribution in [0, 0.1) is 5.41 Å². The Morgan fingerprint density at radius 1 is 1.41 bits per heavy atom. The van der Waals surface area contributed by atoms with E-state index >= 15 is 0 Å². The minimum Gasteiger partial charge on any atom is -0.385 e. The number of ether oxygens (including phenoxy) is 1. The molecule has 0 aromatic rings. The van der Waals surface area contributed by atoms with Crippen molar-refractivity contribution in [2.45, 2.75) is 51.1 Å². The molecule has 2 rings (SSSR count). The van der Waals surface area contributed by atoms with Gasteiger partial charge in [-0.1, -0.05) is 0 Å². The third kappa shape index (κ3) is 3.67. The smallest absolute Gasteiger partial charge is 0.0468 e. The molecule has 0 spiro atoms. The Kier molecular flexibility index (Phi) is 4.45. The van der Waals surface area contributed by atoms with Crippen LogP contribution in [0.25, 0.3) is 0 Å². The topological polar surface area (TPSA) is 24.5 Å². The highest BCUT2D eigenvalue weighted by Gasteiger charge is 2.42. The van der Waals surface area contributed by atoms with E-state index in [9.17, 15) is 0 Å². The fourth-order valence-corrected chi connectivity index (χ4v) is 2.85. The highest BCUT2D eigenvalue weighted by molar-refractivity contribution is 4.96. The molecule has 1 saturated carbocycles. The van der Waals surface area contributed by atoms with Gasteiger partial charge in [0.25, 0.3) is 0 Å². The summed E-state index contributed by atoms with van der Waals surface area (Å²) in [6, 6.07) is 1.47. The standard InChI is InChI=1S/C14H28N2O/c1-12-10-13(4-8-16(12)2)15-11-14(5-6-14)7-9-17-3/h12-13,15H,4-11H2,1-3H3. The molecule has 3 heteroatoms. The fraction of sp³-hybridized carbons (Fsp3) is 1.00. The molecule has 100 valence electrons. The van der Waals surface area contributed by atoms with Crippen molar-refractivity contribution in [3.63, 3.8) is 0 Å². The summed E-state index contributed by atoms with van der Waals surface area (Å²) in [6.45, 7) is 5.71. The van der Waals surface area contributed by atoms with Gasteiger partial charge in [-0.05, 0) is 58.0 Å². The zero-order valence-electron chi connectivity index (χ0n) is 11.7. The highest BCUT2D eigenvalue weighted by atomic mass is 16.5. The number of hydrogen-bond donors (Lipinski definition) is 1. The quantitative estimate of drug-likeness (QED) is 0.767. The summed E-state index contributed by atoms with van der Waals surface area (Å²) in [4.78, 5) is 2.47. The van der Waals surface area contributed by atoms with E-state index in [0.29, 0.717) is 5.41 Å². The Hall–Kier alpha value is -0.120. The van der Waals surface area contributed by atoms with Crippen molar-refractivity contribution in [2.24, 2.45) is 5.41 Å². The molecule has 1 heterocycles. The van der Waals surface area contributed by atoms with E-state index in [1.807, 2.05) is 7.11 Å². The van der Waals surface area contributed by atoms with Gasteiger partial charge in [0.05, 0.1) is 0 Å². The van der Waals surface area contributed by atoms with Gasteiger partial charge in [0, 0.05) is 32.3 Å². The minimum absolute atomic E-state index is 0.586. The first kappa shape index (κ1) is 13.3. The SMILES string of the molecule is COCCC1(CNC2CCN(C)C(C)C2)CC1. The van der Waals surface area contributed by atoms with E-state index in [1.165, 1.54) is 45.2 Å². The fourth-order valence-electron chi connectivity index (χ4n) is 2.85. The summed E-state index contributed by atoms with van der Waals surface area (Å²) < 4.78 is 5.21. The molecule has 2 aliphatic rings.